The zero-order chi connectivity index (χ0) is 35.6. The van der Waals surface area contributed by atoms with E-state index in [0.717, 1.165) is 33.0 Å². The molecule has 2 aliphatic rings. The van der Waals surface area contributed by atoms with E-state index in [1.165, 1.54) is 48.7 Å². The average molecular weight is 706 g/mol. The van der Waals surface area contributed by atoms with E-state index in [-0.39, 0.29) is 0 Å². The fourth-order valence-electron chi connectivity index (χ4n) is 8.65. The van der Waals surface area contributed by atoms with E-state index in [9.17, 15) is 0 Å². The number of fused-ring (bicyclic) bond motifs is 10. The van der Waals surface area contributed by atoms with Gasteiger partial charge in [0.15, 0.2) is 17.5 Å². The van der Waals surface area contributed by atoms with Crippen LogP contribution in [-0.2, 0) is 5.41 Å². The predicted octanol–water partition coefficient (Wildman–Crippen LogP) is 12.5. The van der Waals surface area contributed by atoms with Crippen molar-refractivity contribution in [1.82, 2.24) is 15.0 Å². The number of rotatable bonds is 4. The molecule has 252 valence electrons. The van der Waals surface area contributed by atoms with Gasteiger partial charge in [-0.3, -0.25) is 0 Å². The molecule has 0 bridgehead atoms. The van der Waals surface area contributed by atoms with E-state index in [4.69, 9.17) is 15.0 Å². The van der Waals surface area contributed by atoms with E-state index >= 15 is 0 Å². The Labute approximate surface area is 318 Å². The van der Waals surface area contributed by atoms with E-state index < -0.39 is 5.41 Å². The Hall–Kier alpha value is -6.62. The van der Waals surface area contributed by atoms with Crippen LogP contribution in [-0.4, -0.2) is 15.0 Å². The zero-order valence-electron chi connectivity index (χ0n) is 29.1. The highest BCUT2D eigenvalue weighted by atomic mass is 32.2. The second-order valence-electron chi connectivity index (χ2n) is 13.9. The minimum atomic E-state index is -0.519. The lowest BCUT2D eigenvalue weighted by atomic mass is 9.66. The molecule has 0 saturated carbocycles. The van der Waals surface area contributed by atoms with Gasteiger partial charge in [0.05, 0.1) is 5.41 Å². The van der Waals surface area contributed by atoms with E-state index in [2.05, 4.69) is 164 Å². The average Bonchev–Trinajstić information content (AvgIpc) is 3.54. The molecule has 1 spiro atoms. The second kappa shape index (κ2) is 12.2. The van der Waals surface area contributed by atoms with Gasteiger partial charge in [0.2, 0.25) is 0 Å². The summed E-state index contributed by atoms with van der Waals surface area (Å²) in [4.78, 5) is 18.3. The van der Waals surface area contributed by atoms with Crippen LogP contribution in [0.4, 0.5) is 0 Å². The molecular formula is C50H31N3S. The first kappa shape index (κ1) is 31.0. The Morgan fingerprint density at radius 3 is 1.54 bits per heavy atom. The first-order valence-electron chi connectivity index (χ1n) is 18.3. The molecule has 2 heterocycles. The van der Waals surface area contributed by atoms with Gasteiger partial charge >= 0.3 is 0 Å². The summed E-state index contributed by atoms with van der Waals surface area (Å²) in [6, 6.07) is 67.3. The minimum absolute atomic E-state index is 0.519. The largest absolute Gasteiger partial charge is 0.208 e. The van der Waals surface area contributed by atoms with Crippen molar-refractivity contribution in [2.24, 2.45) is 0 Å². The molecule has 11 rings (SSSR count). The van der Waals surface area contributed by atoms with Gasteiger partial charge in [-0.25, -0.2) is 15.0 Å². The van der Waals surface area contributed by atoms with Crippen molar-refractivity contribution in [3.8, 4) is 56.4 Å². The highest BCUT2D eigenvalue weighted by Crippen LogP contribution is 2.63. The Kier molecular flexibility index (Phi) is 7.01. The van der Waals surface area contributed by atoms with Crippen molar-refractivity contribution in [3.05, 3.63) is 210 Å². The third-order valence-electron chi connectivity index (χ3n) is 11.0. The maximum absolute atomic E-state index is 5.38. The van der Waals surface area contributed by atoms with E-state index in [1.807, 2.05) is 36.0 Å². The molecule has 4 heteroatoms. The van der Waals surface area contributed by atoms with Gasteiger partial charge in [0.25, 0.3) is 0 Å². The molecule has 0 saturated heterocycles. The summed E-state index contributed by atoms with van der Waals surface area (Å²) >= 11 is 1.83. The van der Waals surface area contributed by atoms with Gasteiger partial charge in [-0.15, -0.1) is 0 Å². The van der Waals surface area contributed by atoms with Crippen LogP contribution in [0, 0.1) is 0 Å². The highest BCUT2D eigenvalue weighted by molar-refractivity contribution is 7.99. The molecule has 9 aromatic rings. The maximum Gasteiger partial charge on any atom is 0.165 e. The van der Waals surface area contributed by atoms with Crippen LogP contribution in [0.1, 0.15) is 22.3 Å². The third-order valence-corrected chi connectivity index (χ3v) is 12.2. The molecule has 0 amide bonds. The molecule has 1 aliphatic carbocycles. The number of aromatic nitrogens is 3. The van der Waals surface area contributed by atoms with Crippen molar-refractivity contribution in [3.63, 3.8) is 0 Å². The van der Waals surface area contributed by atoms with Crippen LogP contribution < -0.4 is 0 Å². The summed E-state index contributed by atoms with van der Waals surface area (Å²) in [5, 5.41) is 2.27. The molecule has 0 atom stereocenters. The summed E-state index contributed by atoms with van der Waals surface area (Å²) in [5.74, 6) is 1.96. The third kappa shape index (κ3) is 4.60. The van der Waals surface area contributed by atoms with Crippen LogP contribution in [0.3, 0.4) is 0 Å². The quantitative estimate of drug-likeness (QED) is 0.183. The summed E-state index contributed by atoms with van der Waals surface area (Å²) in [6.45, 7) is 0. The zero-order valence-corrected chi connectivity index (χ0v) is 30.0. The Morgan fingerprint density at radius 1 is 0.370 bits per heavy atom. The molecule has 0 N–H and O–H groups in total. The molecular weight excluding hydrogens is 675 g/mol. The lowest BCUT2D eigenvalue weighted by Gasteiger charge is -2.40. The first-order valence-corrected chi connectivity index (χ1v) is 19.1. The molecule has 0 fully saturated rings. The number of hydrogen-bond acceptors (Lipinski definition) is 4. The lowest BCUT2D eigenvalue weighted by molar-refractivity contribution is 0.724. The van der Waals surface area contributed by atoms with Crippen LogP contribution in [0.5, 0.6) is 0 Å². The van der Waals surface area contributed by atoms with E-state index in [1.54, 1.807) is 0 Å². The van der Waals surface area contributed by atoms with Gasteiger partial charge in [-0.2, -0.15) is 0 Å². The van der Waals surface area contributed by atoms with Crippen LogP contribution in [0.2, 0.25) is 0 Å². The second-order valence-corrected chi connectivity index (χ2v) is 15.0. The highest BCUT2D eigenvalue weighted by Gasteiger charge is 2.51. The van der Waals surface area contributed by atoms with Gasteiger partial charge in [0.1, 0.15) is 0 Å². The van der Waals surface area contributed by atoms with E-state index in [0.29, 0.717) is 17.5 Å². The standard InChI is InChI=1S/C50H31N3S/c1-3-15-32(16-4-1)33-27-29-35(30-28-33)48-51-47(34-17-5-2-6-18-34)52-49(53-48)45-37-20-8-7-19-36(37)31-43-46(45)54-44-26-14-13-25-42(44)50(43)40-23-11-9-21-38(40)39-22-10-12-24-41(39)50/h1-31H. The summed E-state index contributed by atoms with van der Waals surface area (Å²) in [5.41, 5.74) is 12.5. The fourth-order valence-corrected chi connectivity index (χ4v) is 9.97. The van der Waals surface area contributed by atoms with Crippen molar-refractivity contribution in [1.29, 1.82) is 0 Å². The minimum Gasteiger partial charge on any atom is -0.208 e. The van der Waals surface area contributed by atoms with Gasteiger partial charge < -0.3 is 0 Å². The number of nitrogens with zero attached hydrogens (tertiary/aromatic N) is 3. The smallest absolute Gasteiger partial charge is 0.165 e. The summed E-state index contributed by atoms with van der Waals surface area (Å²) in [6.07, 6.45) is 0. The van der Waals surface area contributed by atoms with Gasteiger partial charge in [-0.05, 0) is 67.4 Å². The molecule has 54 heavy (non-hydrogen) atoms. The van der Waals surface area contributed by atoms with Gasteiger partial charge in [-0.1, -0.05) is 188 Å². The van der Waals surface area contributed by atoms with Crippen LogP contribution in [0.15, 0.2) is 198 Å². The maximum atomic E-state index is 5.38. The first-order chi connectivity index (χ1) is 26.8. The van der Waals surface area contributed by atoms with Gasteiger partial charge in [0, 0.05) is 26.5 Å². The number of benzene rings is 8. The molecule has 1 aromatic heterocycles. The topological polar surface area (TPSA) is 38.7 Å². The number of hydrogen-bond donors (Lipinski definition) is 0. The molecule has 1 aliphatic heterocycles. The van der Waals surface area contributed by atoms with Crippen molar-refractivity contribution in [2.75, 3.05) is 0 Å². The summed E-state index contributed by atoms with van der Waals surface area (Å²) in [7, 11) is 0. The van der Waals surface area contributed by atoms with Crippen molar-refractivity contribution in [2.45, 2.75) is 15.2 Å². The van der Waals surface area contributed by atoms with Crippen molar-refractivity contribution < 1.29 is 0 Å². The SMILES string of the molecule is c1ccc(-c2ccc(-c3nc(-c4ccccc4)nc(-c4c5c(cc6ccccc46)C4(c6ccccc6S5)c5ccccc5-c5ccccc54)n3)cc2)cc1. The van der Waals surface area contributed by atoms with Crippen LogP contribution in [0.25, 0.3) is 67.2 Å². The summed E-state index contributed by atoms with van der Waals surface area (Å²) < 4.78 is 0. The Bertz CT molecular complexity index is 2860. The van der Waals surface area contributed by atoms with Crippen molar-refractivity contribution >= 4 is 22.5 Å². The monoisotopic (exact) mass is 705 g/mol. The molecule has 0 unspecified atom stereocenters. The lowest BCUT2D eigenvalue weighted by Crippen LogP contribution is -2.32. The fraction of sp³-hybridized carbons (Fsp3) is 0.0200. The Balaban J connectivity index is 1.22. The molecule has 8 aromatic carbocycles. The van der Waals surface area contributed by atoms with Crippen LogP contribution >= 0.6 is 11.8 Å². The predicted molar refractivity (Wildman–Crippen MR) is 221 cm³/mol. The molecule has 0 radical (unpaired) electrons. The normalized spacial score (nSPS) is 13.3. The molecule has 3 nitrogen and oxygen atoms in total. The Morgan fingerprint density at radius 2 is 0.852 bits per heavy atom.